The molecule has 2 aromatic rings. The van der Waals surface area contributed by atoms with Crippen molar-refractivity contribution >= 4 is 41.2 Å². The molecule has 1 aliphatic rings. The van der Waals surface area contributed by atoms with Crippen LogP contribution in [0, 0.1) is 13.8 Å². The molecule has 1 saturated heterocycles. The van der Waals surface area contributed by atoms with Crippen molar-refractivity contribution in [3.8, 4) is 5.69 Å². The van der Waals surface area contributed by atoms with Crippen LogP contribution in [-0.2, 0) is 14.3 Å². The van der Waals surface area contributed by atoms with Crippen molar-refractivity contribution in [2.24, 2.45) is 0 Å². The van der Waals surface area contributed by atoms with Crippen molar-refractivity contribution in [2.45, 2.75) is 34.6 Å². The molecular weight excluding hydrogens is 426 g/mol. The van der Waals surface area contributed by atoms with Gasteiger partial charge in [-0.15, -0.1) is 0 Å². The highest BCUT2D eigenvalue weighted by Crippen LogP contribution is 2.26. The monoisotopic (exact) mass is 453 g/mol. The zero-order valence-electron chi connectivity index (χ0n) is 19.0. The van der Waals surface area contributed by atoms with E-state index in [1.165, 1.54) is 9.80 Å². The molecule has 8 heteroatoms. The first-order chi connectivity index (χ1) is 15.2. The number of ether oxygens (including phenoxy) is 1. The van der Waals surface area contributed by atoms with Crippen LogP contribution >= 0.6 is 12.2 Å². The average molecular weight is 454 g/mol. The molecule has 3 rings (SSSR count). The molecule has 0 saturated carbocycles. The Morgan fingerprint density at radius 2 is 1.66 bits per heavy atom. The molecule has 0 radical (unpaired) electrons. The van der Waals surface area contributed by atoms with Gasteiger partial charge in [0.15, 0.2) is 5.11 Å². The molecule has 32 heavy (non-hydrogen) atoms. The minimum atomic E-state index is -0.388. The number of rotatable bonds is 6. The van der Waals surface area contributed by atoms with Crippen LogP contribution in [0.2, 0.25) is 0 Å². The van der Waals surface area contributed by atoms with E-state index in [0.717, 1.165) is 22.6 Å². The number of esters is 1. The fraction of sp³-hybridized carbons (Fsp3) is 0.333. The molecule has 1 fully saturated rings. The number of aromatic nitrogens is 1. The maximum Gasteiger partial charge on any atom is 0.338 e. The number of thiocarbonyl (C=S) groups is 1. The molecule has 168 valence electrons. The molecule has 2 heterocycles. The number of benzene rings is 1. The third-order valence-electron chi connectivity index (χ3n) is 5.43. The van der Waals surface area contributed by atoms with E-state index in [-0.39, 0.29) is 28.5 Å². The van der Waals surface area contributed by atoms with Crippen LogP contribution in [0.15, 0.2) is 35.9 Å². The van der Waals surface area contributed by atoms with Gasteiger partial charge in [-0.3, -0.25) is 19.4 Å². The Hall–Kier alpha value is -3.26. The number of aryl methyl sites for hydroxylation is 1. The molecule has 0 bridgehead atoms. The summed E-state index contributed by atoms with van der Waals surface area (Å²) in [4.78, 5) is 40.9. The van der Waals surface area contributed by atoms with E-state index < -0.39 is 0 Å². The minimum Gasteiger partial charge on any atom is -0.462 e. The first-order valence-electron chi connectivity index (χ1n) is 10.6. The second-order valence-corrected chi connectivity index (χ2v) is 7.74. The Morgan fingerprint density at radius 3 is 2.22 bits per heavy atom. The molecule has 0 aliphatic carbocycles. The van der Waals surface area contributed by atoms with Crippen molar-refractivity contribution in [1.82, 2.24) is 14.4 Å². The van der Waals surface area contributed by atoms with Crippen LogP contribution in [-0.4, -0.2) is 57.0 Å². The third kappa shape index (κ3) is 4.10. The summed E-state index contributed by atoms with van der Waals surface area (Å²) in [6.45, 7) is 10.3. The van der Waals surface area contributed by atoms with Crippen LogP contribution in [0.4, 0.5) is 0 Å². The molecule has 1 aromatic heterocycles. The lowest BCUT2D eigenvalue weighted by Gasteiger charge is -2.35. The van der Waals surface area contributed by atoms with Gasteiger partial charge in [0.1, 0.15) is 5.57 Å². The molecule has 1 aliphatic heterocycles. The normalized spacial score (nSPS) is 14.3. The summed E-state index contributed by atoms with van der Waals surface area (Å²) < 4.78 is 7.08. The number of carbonyl (C=O) groups is 3. The van der Waals surface area contributed by atoms with Crippen LogP contribution in [0.5, 0.6) is 0 Å². The van der Waals surface area contributed by atoms with Crippen molar-refractivity contribution < 1.29 is 19.1 Å². The van der Waals surface area contributed by atoms with Crippen molar-refractivity contribution in [2.75, 3.05) is 19.7 Å². The zero-order chi connectivity index (χ0) is 23.6. The fourth-order valence-corrected chi connectivity index (χ4v) is 4.28. The van der Waals surface area contributed by atoms with Crippen molar-refractivity contribution in [3.05, 3.63) is 58.4 Å². The average Bonchev–Trinajstić information content (AvgIpc) is 3.05. The molecule has 1 aromatic carbocycles. The molecule has 0 atom stereocenters. The second kappa shape index (κ2) is 9.48. The van der Waals surface area contributed by atoms with Gasteiger partial charge in [0.05, 0.1) is 12.2 Å². The molecular formula is C24H27N3O4S. The SMILES string of the molecule is CCOC(=O)c1cccc(-n2c(C)cc(C=C3C(=O)N(CC)C(=S)N(CC)C3=O)c2C)c1. The third-order valence-corrected chi connectivity index (χ3v) is 5.87. The summed E-state index contributed by atoms with van der Waals surface area (Å²) in [5.74, 6) is -1.16. The number of nitrogens with zero attached hydrogens (tertiary/aromatic N) is 3. The van der Waals surface area contributed by atoms with Gasteiger partial charge in [0.2, 0.25) is 0 Å². The number of hydrogen-bond donors (Lipinski definition) is 0. The Labute approximate surface area is 193 Å². The van der Waals surface area contributed by atoms with E-state index >= 15 is 0 Å². The smallest absolute Gasteiger partial charge is 0.338 e. The summed E-state index contributed by atoms with van der Waals surface area (Å²) in [7, 11) is 0. The maximum atomic E-state index is 13.0. The molecule has 0 N–H and O–H groups in total. The summed E-state index contributed by atoms with van der Waals surface area (Å²) in [5.41, 5.74) is 3.84. The number of carbonyl (C=O) groups excluding carboxylic acids is 3. The molecule has 7 nitrogen and oxygen atoms in total. The van der Waals surface area contributed by atoms with Gasteiger partial charge in [-0.2, -0.15) is 0 Å². The van der Waals surface area contributed by atoms with Gasteiger partial charge < -0.3 is 9.30 Å². The van der Waals surface area contributed by atoms with E-state index in [4.69, 9.17) is 17.0 Å². The Morgan fingerprint density at radius 1 is 1.03 bits per heavy atom. The number of hydrogen-bond acceptors (Lipinski definition) is 5. The Balaban J connectivity index is 2.06. The van der Waals surface area contributed by atoms with E-state index in [1.54, 1.807) is 31.2 Å². The fourth-order valence-electron chi connectivity index (χ4n) is 3.86. The quantitative estimate of drug-likeness (QED) is 0.289. The number of amides is 2. The first-order valence-corrected chi connectivity index (χ1v) is 11.0. The van der Waals surface area contributed by atoms with Crippen molar-refractivity contribution in [3.63, 3.8) is 0 Å². The molecule has 0 spiro atoms. The van der Waals surface area contributed by atoms with Crippen LogP contribution < -0.4 is 0 Å². The zero-order valence-corrected chi connectivity index (χ0v) is 19.8. The van der Waals surface area contributed by atoms with Gasteiger partial charge in [-0.1, -0.05) is 6.07 Å². The summed E-state index contributed by atoms with van der Waals surface area (Å²) in [6, 6.07) is 9.08. The highest BCUT2D eigenvalue weighted by molar-refractivity contribution is 7.80. The maximum absolute atomic E-state index is 13.0. The highest BCUT2D eigenvalue weighted by atomic mass is 32.1. The lowest BCUT2D eigenvalue weighted by Crippen LogP contribution is -2.55. The van der Waals surface area contributed by atoms with Gasteiger partial charge in [0, 0.05) is 30.2 Å². The van der Waals surface area contributed by atoms with Gasteiger partial charge >= 0.3 is 5.97 Å². The predicted octanol–water partition coefficient (Wildman–Crippen LogP) is 3.65. The van der Waals surface area contributed by atoms with Crippen LogP contribution in [0.3, 0.4) is 0 Å². The first kappa shape index (κ1) is 23.4. The van der Waals surface area contributed by atoms with Crippen LogP contribution in [0.25, 0.3) is 11.8 Å². The number of likely N-dealkylation sites (N-methyl/N-ethyl adjacent to an activating group) is 2. The second-order valence-electron chi connectivity index (χ2n) is 7.37. The standard InChI is InChI=1S/C24H27N3O4S/c1-6-25-21(28)20(22(29)26(7-2)24(25)32)14-18-12-15(4)27(16(18)5)19-11-9-10-17(13-19)23(30)31-8-3/h9-14H,6-8H2,1-5H3. The minimum absolute atomic E-state index is 0.0859. The molecule has 2 amide bonds. The van der Waals surface area contributed by atoms with Gasteiger partial charge in [0.25, 0.3) is 11.8 Å². The van der Waals surface area contributed by atoms with E-state index in [9.17, 15) is 14.4 Å². The van der Waals surface area contributed by atoms with E-state index in [0.29, 0.717) is 25.3 Å². The Bertz CT molecular complexity index is 1100. The molecule has 0 unspecified atom stereocenters. The Kier molecular flexibility index (Phi) is 6.93. The van der Waals surface area contributed by atoms with Gasteiger partial charge in [-0.25, -0.2) is 4.79 Å². The summed E-state index contributed by atoms with van der Waals surface area (Å²) >= 11 is 5.33. The van der Waals surface area contributed by atoms with Crippen LogP contribution in [0.1, 0.15) is 48.1 Å². The largest absolute Gasteiger partial charge is 0.462 e. The lowest BCUT2D eigenvalue weighted by atomic mass is 10.1. The van der Waals surface area contributed by atoms with Gasteiger partial charge in [-0.05, 0) is 82.7 Å². The van der Waals surface area contributed by atoms with E-state index in [2.05, 4.69) is 0 Å². The summed E-state index contributed by atoms with van der Waals surface area (Å²) in [6.07, 6.45) is 1.63. The topological polar surface area (TPSA) is 71.8 Å². The summed E-state index contributed by atoms with van der Waals surface area (Å²) in [5, 5.41) is 0.239. The van der Waals surface area contributed by atoms with E-state index in [1.807, 2.05) is 44.4 Å². The highest BCUT2D eigenvalue weighted by Gasteiger charge is 2.38. The predicted molar refractivity (Wildman–Crippen MR) is 127 cm³/mol. The lowest BCUT2D eigenvalue weighted by molar-refractivity contribution is -0.133. The van der Waals surface area contributed by atoms with Crippen molar-refractivity contribution in [1.29, 1.82) is 0 Å².